The number of anilines is 1. The van der Waals surface area contributed by atoms with Gasteiger partial charge in [0.2, 0.25) is 22.7 Å². The summed E-state index contributed by atoms with van der Waals surface area (Å²) < 4.78 is 37.0. The third-order valence-corrected chi connectivity index (χ3v) is 6.33. The van der Waals surface area contributed by atoms with Crippen molar-refractivity contribution in [3.63, 3.8) is 0 Å². The minimum absolute atomic E-state index is 0.0948. The van der Waals surface area contributed by atoms with Gasteiger partial charge < -0.3 is 14.4 Å². The van der Waals surface area contributed by atoms with Gasteiger partial charge in [-0.25, -0.2) is 8.42 Å². The van der Waals surface area contributed by atoms with Crippen LogP contribution in [0.3, 0.4) is 0 Å². The molecule has 1 amide bonds. The van der Waals surface area contributed by atoms with E-state index in [4.69, 9.17) is 9.47 Å². The number of hydrogen-bond acceptors (Lipinski definition) is 5. The van der Waals surface area contributed by atoms with Crippen LogP contribution in [0.2, 0.25) is 0 Å². The fraction of sp³-hybridized carbons (Fsp3) is 0.350. The Kier molecular flexibility index (Phi) is 5.79. The minimum Gasteiger partial charge on any atom is -0.454 e. The first-order valence-corrected chi connectivity index (χ1v) is 10.6. The molecule has 1 heterocycles. The van der Waals surface area contributed by atoms with Crippen molar-refractivity contribution < 1.29 is 22.7 Å². The Morgan fingerprint density at radius 3 is 2.43 bits per heavy atom. The third kappa shape index (κ3) is 4.39. The van der Waals surface area contributed by atoms with Crippen LogP contribution in [0.5, 0.6) is 11.5 Å². The highest BCUT2D eigenvalue weighted by Gasteiger charge is 2.27. The second-order valence-electron chi connectivity index (χ2n) is 6.68. The number of aryl methyl sites for hydroxylation is 1. The fourth-order valence-electron chi connectivity index (χ4n) is 2.85. The van der Waals surface area contributed by atoms with Crippen molar-refractivity contribution in [3.05, 3.63) is 53.6 Å². The molecule has 150 valence electrons. The average Bonchev–Trinajstić information content (AvgIpc) is 3.15. The fourth-order valence-corrected chi connectivity index (χ4v) is 3.90. The molecule has 0 fully saturated rings. The lowest BCUT2D eigenvalue weighted by atomic mass is 10.1. The number of hydrogen-bond donors (Lipinski definition) is 0. The maximum Gasteiger partial charge on any atom is 0.243 e. The summed E-state index contributed by atoms with van der Waals surface area (Å²) in [5.41, 5.74) is 2.50. The van der Waals surface area contributed by atoms with Crippen LogP contribution in [0.1, 0.15) is 18.1 Å². The second kappa shape index (κ2) is 8.10. The molecule has 1 aliphatic heterocycles. The molecule has 0 saturated heterocycles. The van der Waals surface area contributed by atoms with Crippen molar-refractivity contribution >= 4 is 21.6 Å². The maximum absolute atomic E-state index is 12.8. The highest BCUT2D eigenvalue weighted by atomic mass is 32.2. The number of likely N-dealkylation sites (N-methyl/N-ethyl adjacent to an activating group) is 1. The standard InChI is InChI=1S/C20H24N2O5S/c1-4-28(24,25)22(17-9-10-18-19(11-17)27-14-26-18)13-20(23)21(3)12-16-7-5-15(2)6-8-16/h5-11H,4,12-14H2,1-3H3. The van der Waals surface area contributed by atoms with Gasteiger partial charge in [-0.05, 0) is 31.5 Å². The summed E-state index contributed by atoms with van der Waals surface area (Å²) in [6, 6.07) is 12.7. The lowest BCUT2D eigenvalue weighted by Gasteiger charge is -2.26. The van der Waals surface area contributed by atoms with Gasteiger partial charge in [-0.1, -0.05) is 29.8 Å². The molecule has 0 atom stereocenters. The molecule has 1 aliphatic rings. The van der Waals surface area contributed by atoms with Crippen LogP contribution in [0.4, 0.5) is 5.69 Å². The van der Waals surface area contributed by atoms with Crippen molar-refractivity contribution in [3.8, 4) is 11.5 Å². The number of rotatable bonds is 7. The molecule has 0 spiro atoms. The Bertz CT molecular complexity index is 957. The van der Waals surface area contributed by atoms with Crippen LogP contribution in [-0.4, -0.2) is 45.4 Å². The Balaban J connectivity index is 1.79. The topological polar surface area (TPSA) is 76.2 Å². The van der Waals surface area contributed by atoms with Crippen LogP contribution < -0.4 is 13.8 Å². The molecule has 8 heteroatoms. The van der Waals surface area contributed by atoms with E-state index in [1.54, 1.807) is 32.2 Å². The molecule has 0 aromatic heterocycles. The summed E-state index contributed by atoms with van der Waals surface area (Å²) in [5.74, 6) is 0.612. The van der Waals surface area contributed by atoms with Gasteiger partial charge in [-0.3, -0.25) is 9.10 Å². The number of amides is 1. The van der Waals surface area contributed by atoms with Gasteiger partial charge in [0.25, 0.3) is 0 Å². The summed E-state index contributed by atoms with van der Waals surface area (Å²) in [6.07, 6.45) is 0. The minimum atomic E-state index is -3.65. The van der Waals surface area contributed by atoms with Crippen molar-refractivity contribution in [1.82, 2.24) is 4.90 Å². The predicted molar refractivity (Wildman–Crippen MR) is 107 cm³/mol. The highest BCUT2D eigenvalue weighted by Crippen LogP contribution is 2.36. The molecule has 28 heavy (non-hydrogen) atoms. The van der Waals surface area contributed by atoms with Gasteiger partial charge in [0, 0.05) is 19.7 Å². The van der Waals surface area contributed by atoms with Crippen LogP contribution in [0.25, 0.3) is 0 Å². The summed E-state index contributed by atoms with van der Waals surface area (Å²) in [4.78, 5) is 14.3. The zero-order valence-electron chi connectivity index (χ0n) is 16.2. The second-order valence-corrected chi connectivity index (χ2v) is 8.86. The molecule has 0 saturated carbocycles. The van der Waals surface area contributed by atoms with E-state index in [2.05, 4.69) is 0 Å². The van der Waals surface area contributed by atoms with Crippen molar-refractivity contribution in [2.24, 2.45) is 0 Å². The molecule has 2 aromatic rings. The molecule has 0 radical (unpaired) electrons. The Morgan fingerprint density at radius 2 is 1.75 bits per heavy atom. The zero-order chi connectivity index (χ0) is 20.3. The zero-order valence-corrected chi connectivity index (χ0v) is 17.0. The lowest BCUT2D eigenvalue weighted by Crippen LogP contribution is -2.42. The van der Waals surface area contributed by atoms with Crippen LogP contribution in [0, 0.1) is 6.92 Å². The molecule has 2 aromatic carbocycles. The summed E-state index contributed by atoms with van der Waals surface area (Å²) in [7, 11) is -1.98. The van der Waals surface area contributed by atoms with Crippen molar-refractivity contribution in [1.29, 1.82) is 0 Å². The number of carbonyl (C=O) groups excluding carboxylic acids is 1. The highest BCUT2D eigenvalue weighted by molar-refractivity contribution is 7.92. The number of carbonyl (C=O) groups is 1. The lowest BCUT2D eigenvalue weighted by molar-refractivity contribution is -0.128. The van der Waals surface area contributed by atoms with E-state index < -0.39 is 10.0 Å². The van der Waals surface area contributed by atoms with Crippen molar-refractivity contribution in [2.75, 3.05) is 30.4 Å². The summed E-state index contributed by atoms with van der Waals surface area (Å²) in [6.45, 7) is 3.77. The largest absolute Gasteiger partial charge is 0.454 e. The van der Waals surface area contributed by atoms with Gasteiger partial charge in [0.15, 0.2) is 11.5 Å². The normalized spacial score (nSPS) is 12.7. The summed E-state index contributed by atoms with van der Waals surface area (Å²) >= 11 is 0. The first kappa shape index (κ1) is 20.0. The average molecular weight is 404 g/mol. The number of sulfonamides is 1. The van der Waals surface area contributed by atoms with Gasteiger partial charge in [0.1, 0.15) is 6.54 Å². The molecule has 7 nitrogen and oxygen atoms in total. The molecular weight excluding hydrogens is 380 g/mol. The van der Waals surface area contributed by atoms with E-state index in [0.717, 1.165) is 15.4 Å². The quantitative estimate of drug-likeness (QED) is 0.709. The molecule has 0 bridgehead atoms. The molecule has 3 rings (SSSR count). The third-order valence-electron chi connectivity index (χ3n) is 4.59. The monoisotopic (exact) mass is 404 g/mol. The predicted octanol–water partition coefficient (Wildman–Crippen LogP) is 2.54. The van der Waals surface area contributed by atoms with Gasteiger partial charge in [-0.15, -0.1) is 0 Å². The Labute approximate surface area is 165 Å². The first-order valence-electron chi connectivity index (χ1n) is 8.99. The summed E-state index contributed by atoms with van der Waals surface area (Å²) in [5, 5.41) is 0. The molecular formula is C20H24N2O5S. The van der Waals surface area contributed by atoms with E-state index in [1.165, 1.54) is 4.90 Å². The van der Waals surface area contributed by atoms with E-state index in [-0.39, 0.29) is 25.0 Å². The number of benzene rings is 2. The van der Waals surface area contributed by atoms with Crippen LogP contribution in [-0.2, 0) is 21.4 Å². The number of nitrogens with zero attached hydrogens (tertiary/aromatic N) is 2. The first-order chi connectivity index (χ1) is 13.3. The molecule has 0 aliphatic carbocycles. The van der Waals surface area contributed by atoms with Gasteiger partial charge >= 0.3 is 0 Å². The van der Waals surface area contributed by atoms with E-state index in [9.17, 15) is 13.2 Å². The SMILES string of the molecule is CCS(=O)(=O)N(CC(=O)N(C)Cc1ccc(C)cc1)c1ccc2c(c1)OCO2. The smallest absolute Gasteiger partial charge is 0.243 e. The van der Waals surface area contributed by atoms with Crippen LogP contribution in [0.15, 0.2) is 42.5 Å². The maximum atomic E-state index is 12.8. The molecule has 0 N–H and O–H groups in total. The van der Waals surface area contributed by atoms with Crippen molar-refractivity contribution in [2.45, 2.75) is 20.4 Å². The Morgan fingerprint density at radius 1 is 1.07 bits per heavy atom. The van der Waals surface area contributed by atoms with Gasteiger partial charge in [0.05, 0.1) is 11.4 Å². The van der Waals surface area contributed by atoms with E-state index in [0.29, 0.717) is 23.7 Å². The number of fused-ring (bicyclic) bond motifs is 1. The Hall–Kier alpha value is -2.74. The van der Waals surface area contributed by atoms with Crippen LogP contribution >= 0.6 is 0 Å². The van der Waals surface area contributed by atoms with E-state index >= 15 is 0 Å². The van der Waals surface area contributed by atoms with E-state index in [1.807, 2.05) is 31.2 Å². The molecule has 0 unspecified atom stereocenters. The number of ether oxygens (including phenoxy) is 2. The van der Waals surface area contributed by atoms with Gasteiger partial charge in [-0.2, -0.15) is 0 Å².